The second kappa shape index (κ2) is 3.50. The SMILES string of the molecule is Nc1snnc1C(=O)N1CC[C@@H](N)C1. The van der Waals surface area contributed by atoms with Gasteiger partial charge in [-0.05, 0) is 6.42 Å². The van der Waals surface area contributed by atoms with Crippen LogP contribution >= 0.6 is 11.5 Å². The molecule has 1 saturated heterocycles. The van der Waals surface area contributed by atoms with Gasteiger partial charge in [0.1, 0.15) is 5.00 Å². The van der Waals surface area contributed by atoms with E-state index in [1.165, 1.54) is 0 Å². The maximum atomic E-state index is 11.8. The number of nitrogens with two attached hydrogens (primary N) is 2. The minimum Gasteiger partial charge on any atom is -0.387 e. The van der Waals surface area contributed by atoms with Gasteiger partial charge in [0.25, 0.3) is 5.91 Å². The quantitative estimate of drug-likeness (QED) is 0.642. The molecule has 6 nitrogen and oxygen atoms in total. The van der Waals surface area contributed by atoms with E-state index in [9.17, 15) is 4.79 Å². The molecule has 1 atom stereocenters. The van der Waals surface area contributed by atoms with E-state index in [4.69, 9.17) is 11.5 Å². The fourth-order valence-corrected chi connectivity index (χ4v) is 1.89. The predicted octanol–water partition coefficient (Wildman–Crippen LogP) is -0.706. The minimum absolute atomic E-state index is 0.0757. The first-order valence-electron chi connectivity index (χ1n) is 4.31. The summed E-state index contributed by atoms with van der Waals surface area (Å²) in [5.41, 5.74) is 11.5. The molecule has 76 valence electrons. The van der Waals surface area contributed by atoms with Gasteiger partial charge in [0.05, 0.1) is 0 Å². The third kappa shape index (κ3) is 1.55. The molecule has 4 N–H and O–H groups in total. The number of carbonyl (C=O) groups is 1. The largest absolute Gasteiger partial charge is 0.387 e. The molecule has 0 aliphatic carbocycles. The molecule has 0 saturated carbocycles. The molecular weight excluding hydrogens is 202 g/mol. The standard InChI is InChI=1S/C7H11N5OS/c8-4-1-2-12(3-4)7(13)5-6(9)14-11-10-5/h4H,1-3,8-9H2/t4-/m1/s1. The van der Waals surface area contributed by atoms with E-state index in [1.807, 2.05) is 0 Å². The number of anilines is 1. The van der Waals surface area contributed by atoms with E-state index in [1.54, 1.807) is 4.90 Å². The van der Waals surface area contributed by atoms with E-state index in [0.717, 1.165) is 18.0 Å². The van der Waals surface area contributed by atoms with Crippen molar-refractivity contribution < 1.29 is 4.79 Å². The first kappa shape index (κ1) is 9.35. The molecule has 1 aromatic heterocycles. The minimum atomic E-state index is -0.163. The van der Waals surface area contributed by atoms with Gasteiger partial charge in [-0.15, -0.1) is 5.10 Å². The maximum absolute atomic E-state index is 11.8. The molecule has 2 heterocycles. The summed E-state index contributed by atoms with van der Waals surface area (Å²) in [6.45, 7) is 1.26. The molecule has 1 amide bonds. The Morgan fingerprint density at radius 3 is 2.93 bits per heavy atom. The van der Waals surface area contributed by atoms with Crippen LogP contribution < -0.4 is 11.5 Å². The molecule has 1 aliphatic rings. The van der Waals surface area contributed by atoms with Crippen molar-refractivity contribution in [3.8, 4) is 0 Å². The van der Waals surface area contributed by atoms with E-state index >= 15 is 0 Å². The van der Waals surface area contributed by atoms with Crippen LogP contribution in [0.3, 0.4) is 0 Å². The Balaban J connectivity index is 2.13. The average Bonchev–Trinajstić information content (AvgIpc) is 2.73. The molecule has 1 fully saturated rings. The van der Waals surface area contributed by atoms with Crippen molar-refractivity contribution in [3.05, 3.63) is 5.69 Å². The molecule has 1 aromatic rings. The van der Waals surface area contributed by atoms with Gasteiger partial charge >= 0.3 is 0 Å². The lowest BCUT2D eigenvalue weighted by molar-refractivity contribution is 0.0786. The summed E-state index contributed by atoms with van der Waals surface area (Å²) in [6, 6.07) is 0.0757. The number of hydrogen-bond acceptors (Lipinski definition) is 6. The van der Waals surface area contributed by atoms with Gasteiger partial charge in [-0.1, -0.05) is 4.49 Å². The molecule has 1 aliphatic heterocycles. The first-order chi connectivity index (χ1) is 6.68. The zero-order valence-corrected chi connectivity index (χ0v) is 8.33. The molecular formula is C7H11N5OS. The van der Waals surface area contributed by atoms with Crippen LogP contribution in [-0.2, 0) is 0 Å². The number of nitrogens with zero attached hydrogens (tertiary/aromatic N) is 3. The Hall–Kier alpha value is -1.21. The van der Waals surface area contributed by atoms with Crippen LogP contribution in [0.25, 0.3) is 0 Å². The van der Waals surface area contributed by atoms with Crippen LogP contribution in [0.5, 0.6) is 0 Å². The molecule has 7 heteroatoms. The van der Waals surface area contributed by atoms with Gasteiger partial charge < -0.3 is 16.4 Å². The van der Waals surface area contributed by atoms with Gasteiger partial charge in [-0.3, -0.25) is 4.79 Å². The molecule has 0 unspecified atom stereocenters. The van der Waals surface area contributed by atoms with Gasteiger partial charge in [0.15, 0.2) is 5.69 Å². The van der Waals surface area contributed by atoms with Crippen molar-refractivity contribution in [2.24, 2.45) is 5.73 Å². The van der Waals surface area contributed by atoms with Crippen molar-refractivity contribution in [2.45, 2.75) is 12.5 Å². The highest BCUT2D eigenvalue weighted by Crippen LogP contribution is 2.17. The smallest absolute Gasteiger partial charge is 0.277 e. The monoisotopic (exact) mass is 213 g/mol. The van der Waals surface area contributed by atoms with Crippen LogP contribution in [0.1, 0.15) is 16.9 Å². The molecule has 14 heavy (non-hydrogen) atoms. The number of hydrogen-bond donors (Lipinski definition) is 2. The van der Waals surface area contributed by atoms with Crippen LogP contribution in [0, 0.1) is 0 Å². The third-order valence-electron chi connectivity index (χ3n) is 2.23. The summed E-state index contributed by atoms with van der Waals surface area (Å²) in [4.78, 5) is 13.4. The molecule has 2 rings (SSSR count). The van der Waals surface area contributed by atoms with Crippen molar-refractivity contribution in [1.82, 2.24) is 14.5 Å². The molecule has 0 radical (unpaired) electrons. The summed E-state index contributed by atoms with van der Waals surface area (Å²) in [5.74, 6) is -0.163. The predicted molar refractivity (Wildman–Crippen MR) is 52.8 cm³/mol. The Bertz CT molecular complexity index is 352. The number of rotatable bonds is 1. The molecule has 0 bridgehead atoms. The van der Waals surface area contributed by atoms with E-state index in [0.29, 0.717) is 18.1 Å². The van der Waals surface area contributed by atoms with Crippen LogP contribution in [0.2, 0.25) is 0 Å². The van der Waals surface area contributed by atoms with E-state index in [2.05, 4.69) is 9.59 Å². The number of carbonyl (C=O) groups excluding carboxylic acids is 1. The molecule has 0 spiro atoms. The lowest BCUT2D eigenvalue weighted by Gasteiger charge is -2.13. The highest BCUT2D eigenvalue weighted by atomic mass is 32.1. The Morgan fingerprint density at radius 1 is 1.64 bits per heavy atom. The lowest BCUT2D eigenvalue weighted by atomic mass is 10.3. The first-order valence-corrected chi connectivity index (χ1v) is 5.08. The summed E-state index contributed by atoms with van der Waals surface area (Å²) < 4.78 is 3.62. The second-order valence-electron chi connectivity index (χ2n) is 3.29. The van der Waals surface area contributed by atoms with Gasteiger partial charge in [-0.2, -0.15) is 0 Å². The van der Waals surface area contributed by atoms with Gasteiger partial charge in [0, 0.05) is 30.7 Å². The van der Waals surface area contributed by atoms with Crippen molar-refractivity contribution in [3.63, 3.8) is 0 Å². The number of likely N-dealkylation sites (tertiary alicyclic amines) is 1. The summed E-state index contributed by atoms with van der Waals surface area (Å²) in [5, 5.41) is 4.07. The van der Waals surface area contributed by atoms with Crippen molar-refractivity contribution >= 4 is 22.4 Å². The number of amides is 1. The zero-order valence-electron chi connectivity index (χ0n) is 7.51. The van der Waals surface area contributed by atoms with Crippen molar-refractivity contribution in [1.29, 1.82) is 0 Å². The van der Waals surface area contributed by atoms with E-state index in [-0.39, 0.29) is 17.6 Å². The number of nitrogen functional groups attached to an aromatic ring is 1. The highest BCUT2D eigenvalue weighted by Gasteiger charge is 2.27. The summed E-state index contributed by atoms with van der Waals surface area (Å²) in [6.07, 6.45) is 0.837. The fraction of sp³-hybridized carbons (Fsp3) is 0.571. The summed E-state index contributed by atoms with van der Waals surface area (Å²) >= 11 is 1.03. The van der Waals surface area contributed by atoms with Crippen LogP contribution in [0.4, 0.5) is 5.00 Å². The number of aromatic nitrogens is 2. The normalized spacial score (nSPS) is 21.5. The third-order valence-corrected chi connectivity index (χ3v) is 2.78. The molecule has 0 aromatic carbocycles. The second-order valence-corrected chi connectivity index (χ2v) is 4.07. The van der Waals surface area contributed by atoms with Crippen LogP contribution in [-0.4, -0.2) is 39.5 Å². The lowest BCUT2D eigenvalue weighted by Crippen LogP contribution is -2.32. The zero-order chi connectivity index (χ0) is 10.1. The topological polar surface area (TPSA) is 98.1 Å². The maximum Gasteiger partial charge on any atom is 0.277 e. The van der Waals surface area contributed by atoms with Crippen LogP contribution in [0.15, 0.2) is 0 Å². The highest BCUT2D eigenvalue weighted by molar-refractivity contribution is 7.10. The Morgan fingerprint density at radius 2 is 2.43 bits per heavy atom. The Kier molecular flexibility index (Phi) is 2.34. The Labute approximate surface area is 85.0 Å². The van der Waals surface area contributed by atoms with E-state index < -0.39 is 0 Å². The van der Waals surface area contributed by atoms with Gasteiger partial charge in [0.2, 0.25) is 0 Å². The summed E-state index contributed by atoms with van der Waals surface area (Å²) in [7, 11) is 0. The fourth-order valence-electron chi connectivity index (χ4n) is 1.47. The average molecular weight is 213 g/mol. The van der Waals surface area contributed by atoms with Crippen molar-refractivity contribution in [2.75, 3.05) is 18.8 Å². The van der Waals surface area contributed by atoms with Gasteiger partial charge in [-0.25, -0.2) is 0 Å².